The summed E-state index contributed by atoms with van der Waals surface area (Å²) in [4.78, 5) is 20.1. The Morgan fingerprint density at radius 3 is 2.61 bits per heavy atom. The number of piperidine rings is 1. The van der Waals surface area contributed by atoms with Gasteiger partial charge in [-0.3, -0.25) is 4.79 Å². The molecule has 0 aliphatic carbocycles. The zero-order valence-electron chi connectivity index (χ0n) is 20.5. The SMILES string of the molecule is O=C(c1ccc(CSc2nc3cc(Cl)ccc3o2)cc1)N1C2CCC1CC(Oc1ccc3c(c1)OCO3)C2. The molecule has 4 heterocycles. The number of carbonyl (C=O) groups excluding carboxylic acids is 1. The fraction of sp³-hybridized carbons (Fsp3) is 0.310. The molecule has 0 spiro atoms. The largest absolute Gasteiger partial charge is 0.490 e. The van der Waals surface area contributed by atoms with E-state index in [0.717, 1.165) is 65.2 Å². The number of amides is 1. The lowest BCUT2D eigenvalue weighted by molar-refractivity contribution is 0.0358. The maximum Gasteiger partial charge on any atom is 0.257 e. The van der Waals surface area contributed by atoms with Crippen molar-refractivity contribution in [1.29, 1.82) is 0 Å². The second kappa shape index (κ2) is 9.75. The van der Waals surface area contributed by atoms with Crippen molar-refractivity contribution in [1.82, 2.24) is 9.88 Å². The number of nitrogens with zero attached hydrogens (tertiary/aromatic N) is 2. The number of carbonyl (C=O) groups is 1. The van der Waals surface area contributed by atoms with Gasteiger partial charge in [0, 0.05) is 47.3 Å². The van der Waals surface area contributed by atoms with Crippen LogP contribution in [0, 0.1) is 0 Å². The summed E-state index contributed by atoms with van der Waals surface area (Å²) < 4.78 is 23.0. The van der Waals surface area contributed by atoms with Gasteiger partial charge in [0.15, 0.2) is 17.1 Å². The van der Waals surface area contributed by atoms with Crippen LogP contribution in [0.3, 0.4) is 0 Å². The first-order chi connectivity index (χ1) is 18.6. The molecule has 2 atom stereocenters. The molecule has 1 amide bonds. The average Bonchev–Trinajstić information content (AvgIpc) is 3.62. The lowest BCUT2D eigenvalue weighted by atomic mass is 9.98. The average molecular weight is 549 g/mol. The Balaban J connectivity index is 0.973. The van der Waals surface area contributed by atoms with Gasteiger partial charge in [0.25, 0.3) is 11.1 Å². The van der Waals surface area contributed by atoms with Crippen LogP contribution < -0.4 is 14.2 Å². The molecule has 0 radical (unpaired) electrons. The molecule has 2 saturated heterocycles. The lowest BCUT2D eigenvalue weighted by Gasteiger charge is -2.39. The molecule has 2 unspecified atom stereocenters. The summed E-state index contributed by atoms with van der Waals surface area (Å²) >= 11 is 7.56. The summed E-state index contributed by atoms with van der Waals surface area (Å²) in [7, 11) is 0. The van der Waals surface area contributed by atoms with E-state index in [4.69, 9.17) is 30.2 Å². The Morgan fingerprint density at radius 2 is 1.79 bits per heavy atom. The molecular formula is C29H25ClN2O5S. The minimum atomic E-state index is 0.0826. The summed E-state index contributed by atoms with van der Waals surface area (Å²) in [5, 5.41) is 1.24. The maximum atomic E-state index is 13.5. The monoisotopic (exact) mass is 548 g/mol. The van der Waals surface area contributed by atoms with E-state index < -0.39 is 0 Å². The fourth-order valence-electron chi connectivity index (χ4n) is 5.68. The topological polar surface area (TPSA) is 74.0 Å². The number of aromatic nitrogens is 1. The minimum absolute atomic E-state index is 0.0826. The third-order valence-electron chi connectivity index (χ3n) is 7.46. The highest BCUT2D eigenvalue weighted by Crippen LogP contribution is 2.40. The molecule has 0 N–H and O–H groups in total. The Bertz CT molecular complexity index is 1490. The molecule has 2 bridgehead atoms. The molecule has 194 valence electrons. The van der Waals surface area contributed by atoms with Crippen LogP contribution in [0.25, 0.3) is 11.1 Å². The molecule has 9 heteroatoms. The summed E-state index contributed by atoms with van der Waals surface area (Å²) in [6.45, 7) is 0.247. The highest BCUT2D eigenvalue weighted by Gasteiger charge is 2.44. The van der Waals surface area contributed by atoms with Crippen molar-refractivity contribution >= 4 is 40.4 Å². The number of benzene rings is 3. The van der Waals surface area contributed by atoms with Crippen molar-refractivity contribution in [2.24, 2.45) is 0 Å². The number of ether oxygens (including phenoxy) is 3. The summed E-state index contributed by atoms with van der Waals surface area (Å²) in [5.41, 5.74) is 3.30. The van der Waals surface area contributed by atoms with Crippen LogP contribution in [0.15, 0.2) is 70.3 Å². The quantitative estimate of drug-likeness (QED) is 0.248. The normalized spacial score (nSPS) is 21.7. The van der Waals surface area contributed by atoms with Crippen LogP contribution in [0.4, 0.5) is 0 Å². The van der Waals surface area contributed by atoms with Gasteiger partial charge >= 0.3 is 0 Å². The highest BCUT2D eigenvalue weighted by molar-refractivity contribution is 7.98. The molecule has 7 nitrogen and oxygen atoms in total. The zero-order valence-corrected chi connectivity index (χ0v) is 22.0. The lowest BCUT2D eigenvalue weighted by Crippen LogP contribution is -2.49. The van der Waals surface area contributed by atoms with Crippen molar-refractivity contribution < 1.29 is 23.4 Å². The van der Waals surface area contributed by atoms with Gasteiger partial charge in [-0.1, -0.05) is 35.5 Å². The Morgan fingerprint density at radius 1 is 1.00 bits per heavy atom. The molecule has 4 aromatic rings. The first kappa shape index (κ1) is 23.7. The molecule has 3 aromatic carbocycles. The molecule has 3 aliphatic heterocycles. The van der Waals surface area contributed by atoms with Crippen LogP contribution in [0.5, 0.6) is 17.2 Å². The number of rotatable bonds is 6. The number of hydrogen-bond acceptors (Lipinski definition) is 7. The summed E-state index contributed by atoms with van der Waals surface area (Å²) in [6, 6.07) is 19.4. The van der Waals surface area contributed by atoms with Crippen molar-refractivity contribution in [3.63, 3.8) is 0 Å². The highest BCUT2D eigenvalue weighted by atomic mass is 35.5. The maximum absolute atomic E-state index is 13.5. The number of halogens is 1. The van der Waals surface area contributed by atoms with Gasteiger partial charge in [-0.05, 0) is 60.9 Å². The summed E-state index contributed by atoms with van der Waals surface area (Å²) in [6.07, 6.45) is 3.78. The number of hydrogen-bond donors (Lipinski definition) is 0. The molecule has 7 rings (SSSR count). The van der Waals surface area contributed by atoms with Crippen molar-refractivity contribution in [2.75, 3.05) is 6.79 Å². The van der Waals surface area contributed by atoms with Gasteiger partial charge in [0.05, 0.1) is 0 Å². The molecular weight excluding hydrogens is 524 g/mol. The van der Waals surface area contributed by atoms with Crippen LogP contribution >= 0.6 is 23.4 Å². The molecule has 2 fully saturated rings. The Labute approximate surface area is 229 Å². The van der Waals surface area contributed by atoms with Gasteiger partial charge in [0.1, 0.15) is 17.4 Å². The third kappa shape index (κ3) is 4.56. The summed E-state index contributed by atoms with van der Waals surface area (Å²) in [5.74, 6) is 3.06. The first-order valence-electron chi connectivity index (χ1n) is 12.8. The third-order valence-corrected chi connectivity index (χ3v) is 8.60. The van der Waals surface area contributed by atoms with E-state index in [1.807, 2.05) is 48.5 Å². The predicted octanol–water partition coefficient (Wildman–Crippen LogP) is 6.72. The van der Waals surface area contributed by atoms with E-state index in [2.05, 4.69) is 9.88 Å². The van der Waals surface area contributed by atoms with E-state index in [0.29, 0.717) is 16.0 Å². The van der Waals surface area contributed by atoms with Crippen LogP contribution in [0.1, 0.15) is 41.6 Å². The van der Waals surface area contributed by atoms with Crippen molar-refractivity contribution in [2.45, 2.75) is 54.8 Å². The second-order valence-electron chi connectivity index (χ2n) is 9.90. The number of fused-ring (bicyclic) bond motifs is 4. The van der Waals surface area contributed by atoms with E-state index in [1.54, 1.807) is 12.1 Å². The first-order valence-corrected chi connectivity index (χ1v) is 14.1. The van der Waals surface area contributed by atoms with Gasteiger partial charge in [-0.25, -0.2) is 4.98 Å². The van der Waals surface area contributed by atoms with E-state index in [9.17, 15) is 4.79 Å². The number of thioether (sulfide) groups is 1. The van der Waals surface area contributed by atoms with Crippen LogP contribution in [-0.4, -0.2) is 40.8 Å². The molecule has 0 saturated carbocycles. The van der Waals surface area contributed by atoms with E-state index in [-0.39, 0.29) is 30.9 Å². The Hall–Kier alpha value is -3.36. The Kier molecular flexibility index (Phi) is 6.09. The molecule has 1 aromatic heterocycles. The second-order valence-corrected chi connectivity index (χ2v) is 11.3. The predicted molar refractivity (Wildman–Crippen MR) is 144 cm³/mol. The fourth-order valence-corrected chi connectivity index (χ4v) is 6.64. The molecule has 38 heavy (non-hydrogen) atoms. The van der Waals surface area contributed by atoms with Gasteiger partial charge < -0.3 is 23.5 Å². The van der Waals surface area contributed by atoms with Crippen molar-refractivity contribution in [3.8, 4) is 17.2 Å². The van der Waals surface area contributed by atoms with Gasteiger partial charge in [-0.2, -0.15) is 0 Å². The van der Waals surface area contributed by atoms with Crippen LogP contribution in [0.2, 0.25) is 5.02 Å². The van der Waals surface area contributed by atoms with E-state index in [1.165, 1.54) is 11.8 Å². The van der Waals surface area contributed by atoms with Crippen LogP contribution in [-0.2, 0) is 5.75 Å². The smallest absolute Gasteiger partial charge is 0.257 e. The minimum Gasteiger partial charge on any atom is -0.490 e. The van der Waals surface area contributed by atoms with E-state index >= 15 is 0 Å². The molecule has 3 aliphatic rings. The zero-order chi connectivity index (χ0) is 25.6. The standard InChI is InChI=1S/C29H25ClN2O5S/c30-19-5-9-25-24(11-19)31-29(37-25)38-15-17-1-3-18(4-2-17)28(33)32-20-6-7-21(32)13-23(12-20)36-22-8-10-26-27(14-22)35-16-34-26/h1-5,8-11,14,20-21,23H,6-7,12-13,15-16H2. The number of oxazole rings is 1. The van der Waals surface area contributed by atoms with Crippen molar-refractivity contribution in [3.05, 3.63) is 76.8 Å². The van der Waals surface area contributed by atoms with Gasteiger partial charge in [-0.15, -0.1) is 0 Å². The van der Waals surface area contributed by atoms with Gasteiger partial charge in [0.2, 0.25) is 6.79 Å².